The summed E-state index contributed by atoms with van der Waals surface area (Å²) in [6, 6.07) is 16.4. The molecule has 0 amide bonds. The number of pyridine rings is 1. The van der Waals surface area contributed by atoms with Gasteiger partial charge in [-0.1, -0.05) is 24.3 Å². The number of carbonyl (C=O) groups excluding carboxylic acids is 1. The number of aromatic nitrogens is 3. The molecule has 6 rings (SSSR count). The van der Waals surface area contributed by atoms with Crippen LogP contribution >= 0.6 is 0 Å². The second-order valence-corrected chi connectivity index (χ2v) is 8.80. The highest BCUT2D eigenvalue weighted by atomic mass is 16.1. The molecule has 1 aliphatic heterocycles. The number of nitrogens with one attached hydrogen (secondary N) is 1. The molecular formula is C27H25N5O. The number of H-pyrrole nitrogens is 1. The summed E-state index contributed by atoms with van der Waals surface area (Å²) < 4.78 is 0. The Morgan fingerprint density at radius 3 is 2.70 bits per heavy atom. The van der Waals surface area contributed by atoms with Gasteiger partial charge >= 0.3 is 0 Å². The molecule has 6 nitrogen and oxygen atoms in total. The summed E-state index contributed by atoms with van der Waals surface area (Å²) in [6.07, 6.45) is 6.15. The Balaban J connectivity index is 1.36. The van der Waals surface area contributed by atoms with Gasteiger partial charge in [-0.05, 0) is 54.6 Å². The number of benzene rings is 2. The number of hydrogen-bond donors (Lipinski definition) is 1. The summed E-state index contributed by atoms with van der Waals surface area (Å²) in [7, 11) is 2.16. The van der Waals surface area contributed by atoms with Crippen LogP contribution in [0.5, 0.6) is 0 Å². The molecule has 4 aromatic rings. The van der Waals surface area contributed by atoms with E-state index in [1.165, 1.54) is 5.69 Å². The van der Waals surface area contributed by atoms with Crippen molar-refractivity contribution < 1.29 is 4.79 Å². The van der Waals surface area contributed by atoms with Crippen LogP contribution in [-0.4, -0.2) is 58.9 Å². The Bertz CT molecular complexity index is 1430. The fraction of sp³-hybridized carbons (Fsp3) is 0.222. The number of hydrogen-bond acceptors (Lipinski definition) is 5. The highest BCUT2D eigenvalue weighted by molar-refractivity contribution is 6.24. The molecule has 2 aromatic heterocycles. The topological polar surface area (TPSA) is 65.1 Å². The minimum absolute atomic E-state index is 0.0791. The van der Waals surface area contributed by atoms with Crippen LogP contribution in [0.4, 0.5) is 5.69 Å². The Morgan fingerprint density at radius 1 is 0.970 bits per heavy atom. The Morgan fingerprint density at radius 2 is 1.82 bits per heavy atom. The number of aromatic amines is 1. The van der Waals surface area contributed by atoms with Gasteiger partial charge in [0, 0.05) is 49.9 Å². The zero-order valence-corrected chi connectivity index (χ0v) is 18.6. The molecular weight excluding hydrogens is 410 g/mol. The van der Waals surface area contributed by atoms with Gasteiger partial charge in [0.2, 0.25) is 0 Å². The number of rotatable bonds is 3. The van der Waals surface area contributed by atoms with Crippen LogP contribution in [0.15, 0.2) is 66.9 Å². The van der Waals surface area contributed by atoms with Gasteiger partial charge in [0.1, 0.15) is 5.82 Å². The number of likely N-dealkylation sites (N-methyl/N-ethyl adjacent to an activating group) is 1. The molecule has 2 aromatic carbocycles. The summed E-state index contributed by atoms with van der Waals surface area (Å²) in [5.74, 6) is 0.713. The van der Waals surface area contributed by atoms with Crippen molar-refractivity contribution in [1.82, 2.24) is 19.9 Å². The zero-order valence-electron chi connectivity index (χ0n) is 18.6. The first kappa shape index (κ1) is 19.9. The van der Waals surface area contributed by atoms with E-state index in [0.29, 0.717) is 17.8 Å². The van der Waals surface area contributed by atoms with Gasteiger partial charge in [-0.15, -0.1) is 0 Å². The molecule has 0 saturated carbocycles. The largest absolute Gasteiger partial charge is 0.369 e. The number of fused-ring (bicyclic) bond motifs is 2. The number of carbonyl (C=O) groups is 1. The second-order valence-electron chi connectivity index (χ2n) is 8.80. The SMILES string of the molecule is CN1CCN(c2ccc3nc(C4=CC(c5ccnc6ccccc56)=CCC4=O)[nH]c3c2)CC1. The molecule has 3 heterocycles. The first-order valence-electron chi connectivity index (χ1n) is 11.4. The van der Waals surface area contributed by atoms with Crippen LogP contribution in [0.1, 0.15) is 17.8 Å². The predicted octanol–water partition coefficient (Wildman–Crippen LogP) is 4.30. The van der Waals surface area contributed by atoms with Crippen molar-refractivity contribution in [3.05, 3.63) is 78.3 Å². The first-order valence-corrected chi connectivity index (χ1v) is 11.4. The molecule has 0 spiro atoms. The Hall–Kier alpha value is -3.77. The quantitative estimate of drug-likeness (QED) is 0.520. The van der Waals surface area contributed by atoms with E-state index in [4.69, 9.17) is 4.98 Å². The standard InChI is InChI=1S/C27H25N5O/c1-31-12-14-32(15-13-31)19-7-8-24-25(17-19)30-27(29-24)22-16-18(6-9-26(22)33)20-10-11-28-23-5-3-2-4-21(20)23/h2-8,10-11,16-17H,9,12-15H2,1H3,(H,29,30). The molecule has 164 valence electrons. The first-order chi connectivity index (χ1) is 16.2. The van der Waals surface area contributed by atoms with Crippen molar-refractivity contribution in [2.24, 2.45) is 0 Å². The minimum atomic E-state index is 0.0791. The summed E-state index contributed by atoms with van der Waals surface area (Å²) in [5, 5.41) is 1.08. The highest BCUT2D eigenvalue weighted by Gasteiger charge is 2.21. The summed E-state index contributed by atoms with van der Waals surface area (Å²) in [5.41, 5.74) is 6.72. The van der Waals surface area contributed by atoms with Gasteiger partial charge in [-0.25, -0.2) is 4.98 Å². The fourth-order valence-corrected chi connectivity index (χ4v) is 4.73. The van der Waals surface area contributed by atoms with Crippen LogP contribution < -0.4 is 4.90 Å². The smallest absolute Gasteiger partial charge is 0.170 e. The van der Waals surface area contributed by atoms with Crippen LogP contribution in [0.25, 0.3) is 33.1 Å². The van der Waals surface area contributed by atoms with Crippen molar-refractivity contribution >= 4 is 44.6 Å². The van der Waals surface area contributed by atoms with Gasteiger partial charge in [0.05, 0.1) is 22.1 Å². The molecule has 6 heteroatoms. The maximum Gasteiger partial charge on any atom is 0.170 e. The van der Waals surface area contributed by atoms with Crippen molar-refractivity contribution in [1.29, 1.82) is 0 Å². The normalized spacial score (nSPS) is 17.5. The number of anilines is 1. The molecule has 0 atom stereocenters. The third-order valence-corrected chi connectivity index (χ3v) is 6.66. The van der Waals surface area contributed by atoms with Crippen LogP contribution in [0.2, 0.25) is 0 Å². The van der Waals surface area contributed by atoms with Gasteiger partial charge in [0.15, 0.2) is 5.78 Å². The maximum absolute atomic E-state index is 12.9. The summed E-state index contributed by atoms with van der Waals surface area (Å²) in [6.45, 7) is 4.15. The molecule has 1 N–H and O–H groups in total. The lowest BCUT2D eigenvalue weighted by atomic mass is 9.92. The van der Waals surface area contributed by atoms with Gasteiger partial charge < -0.3 is 14.8 Å². The summed E-state index contributed by atoms with van der Waals surface area (Å²) in [4.78, 5) is 30.3. The molecule has 33 heavy (non-hydrogen) atoms. The van der Waals surface area contributed by atoms with Crippen molar-refractivity contribution in [3.8, 4) is 0 Å². The number of ketones is 1. The van der Waals surface area contributed by atoms with Crippen LogP contribution in [0, 0.1) is 0 Å². The van der Waals surface area contributed by atoms with Crippen LogP contribution in [-0.2, 0) is 4.79 Å². The number of imidazole rings is 1. The lowest BCUT2D eigenvalue weighted by Gasteiger charge is -2.34. The molecule has 1 fully saturated rings. The maximum atomic E-state index is 12.9. The highest BCUT2D eigenvalue weighted by Crippen LogP contribution is 2.32. The lowest BCUT2D eigenvalue weighted by Crippen LogP contribution is -2.44. The van der Waals surface area contributed by atoms with E-state index in [9.17, 15) is 4.79 Å². The lowest BCUT2D eigenvalue weighted by molar-refractivity contribution is -0.113. The van der Waals surface area contributed by atoms with E-state index >= 15 is 0 Å². The monoisotopic (exact) mass is 435 g/mol. The zero-order chi connectivity index (χ0) is 22.4. The molecule has 2 aliphatic rings. The number of Topliss-reactive ketones (excluding diaryl/α,β-unsaturated/α-hetero) is 1. The van der Waals surface area contributed by atoms with E-state index in [1.54, 1.807) is 0 Å². The van der Waals surface area contributed by atoms with Crippen LogP contribution in [0.3, 0.4) is 0 Å². The summed E-state index contributed by atoms with van der Waals surface area (Å²) >= 11 is 0. The van der Waals surface area contributed by atoms with E-state index in [-0.39, 0.29) is 5.78 Å². The molecule has 1 saturated heterocycles. The van der Waals surface area contributed by atoms with Crippen molar-refractivity contribution in [3.63, 3.8) is 0 Å². The van der Waals surface area contributed by atoms with Gasteiger partial charge in [0.25, 0.3) is 0 Å². The number of allylic oxidation sites excluding steroid dienone is 4. The average molecular weight is 436 g/mol. The van der Waals surface area contributed by atoms with Gasteiger partial charge in [-0.3, -0.25) is 9.78 Å². The average Bonchev–Trinajstić information content (AvgIpc) is 3.28. The Labute approximate surface area is 192 Å². The van der Waals surface area contributed by atoms with E-state index in [2.05, 4.69) is 45.0 Å². The van der Waals surface area contributed by atoms with E-state index in [0.717, 1.165) is 59.3 Å². The van der Waals surface area contributed by atoms with E-state index in [1.807, 2.05) is 48.7 Å². The van der Waals surface area contributed by atoms with E-state index < -0.39 is 0 Å². The van der Waals surface area contributed by atoms with Crippen molar-refractivity contribution in [2.75, 3.05) is 38.1 Å². The third-order valence-electron chi connectivity index (χ3n) is 6.66. The predicted molar refractivity (Wildman–Crippen MR) is 133 cm³/mol. The molecule has 0 unspecified atom stereocenters. The molecule has 1 aliphatic carbocycles. The minimum Gasteiger partial charge on any atom is -0.369 e. The number of para-hydroxylation sites is 1. The third kappa shape index (κ3) is 3.62. The Kier molecular flexibility index (Phi) is 4.80. The number of piperazine rings is 1. The fourth-order valence-electron chi connectivity index (χ4n) is 4.73. The number of nitrogens with zero attached hydrogens (tertiary/aromatic N) is 4. The molecule has 0 bridgehead atoms. The second kappa shape index (κ2) is 7.98. The molecule has 0 radical (unpaired) electrons. The van der Waals surface area contributed by atoms with Crippen molar-refractivity contribution in [2.45, 2.75) is 6.42 Å². The van der Waals surface area contributed by atoms with Gasteiger partial charge in [-0.2, -0.15) is 0 Å².